The van der Waals surface area contributed by atoms with Crippen LogP contribution in [0.5, 0.6) is 0 Å². The van der Waals surface area contributed by atoms with Crippen LogP contribution in [0.4, 0.5) is 17.6 Å². The van der Waals surface area contributed by atoms with E-state index in [0.29, 0.717) is 12.1 Å². The third kappa shape index (κ3) is 2.49. The zero-order valence-corrected chi connectivity index (χ0v) is 9.17. The molecule has 1 aromatic carbocycles. The van der Waals surface area contributed by atoms with E-state index in [4.69, 9.17) is 11.6 Å². The third-order valence-electron chi connectivity index (χ3n) is 1.59. The summed E-state index contributed by atoms with van der Waals surface area (Å²) in [6.07, 6.45) is -4.67. The molecule has 7 heteroatoms. The average molecular weight is 305 g/mol. The van der Waals surface area contributed by atoms with E-state index in [1.807, 2.05) is 0 Å². The van der Waals surface area contributed by atoms with Gasteiger partial charge in [0, 0.05) is 4.47 Å². The Morgan fingerprint density at radius 3 is 2.27 bits per heavy atom. The fourth-order valence-corrected chi connectivity index (χ4v) is 1.98. The van der Waals surface area contributed by atoms with Gasteiger partial charge in [-0.1, -0.05) is 0 Å². The number of halogens is 6. The van der Waals surface area contributed by atoms with Crippen LogP contribution >= 0.6 is 27.5 Å². The molecule has 0 radical (unpaired) electrons. The molecular formula is C8H2BrClF4O. The van der Waals surface area contributed by atoms with Gasteiger partial charge in [-0.15, -0.1) is 0 Å². The van der Waals surface area contributed by atoms with Crippen molar-refractivity contribution in [2.24, 2.45) is 0 Å². The number of benzene rings is 1. The van der Waals surface area contributed by atoms with E-state index < -0.39 is 32.8 Å². The molecule has 0 saturated heterocycles. The fourth-order valence-electron chi connectivity index (χ4n) is 0.952. The van der Waals surface area contributed by atoms with Gasteiger partial charge >= 0.3 is 6.18 Å². The molecule has 0 aliphatic heterocycles. The first kappa shape index (κ1) is 12.4. The van der Waals surface area contributed by atoms with Gasteiger partial charge in [0.15, 0.2) is 0 Å². The Morgan fingerprint density at radius 2 is 1.87 bits per heavy atom. The Morgan fingerprint density at radius 1 is 1.33 bits per heavy atom. The molecule has 0 heterocycles. The summed E-state index contributed by atoms with van der Waals surface area (Å²) in [5.74, 6) is -1.10. The molecule has 0 unspecified atom stereocenters. The van der Waals surface area contributed by atoms with Crippen molar-refractivity contribution in [3.8, 4) is 0 Å². The maximum atomic E-state index is 13.0. The maximum Gasteiger partial charge on any atom is 0.417 e. The summed E-state index contributed by atoms with van der Waals surface area (Å²) < 4.78 is 49.2. The molecule has 15 heavy (non-hydrogen) atoms. The van der Waals surface area contributed by atoms with Gasteiger partial charge in [-0.2, -0.15) is 13.2 Å². The highest BCUT2D eigenvalue weighted by atomic mass is 79.9. The van der Waals surface area contributed by atoms with E-state index in [0.717, 1.165) is 0 Å². The highest BCUT2D eigenvalue weighted by molar-refractivity contribution is 9.10. The Hall–Kier alpha value is -0.620. The highest BCUT2D eigenvalue weighted by Gasteiger charge is 2.35. The number of hydrogen-bond acceptors (Lipinski definition) is 1. The van der Waals surface area contributed by atoms with Gasteiger partial charge < -0.3 is 0 Å². The molecule has 0 aliphatic carbocycles. The Bertz CT molecular complexity index is 416. The predicted molar refractivity (Wildman–Crippen MR) is 49.3 cm³/mol. The van der Waals surface area contributed by atoms with Crippen molar-refractivity contribution in [2.75, 3.05) is 0 Å². The topological polar surface area (TPSA) is 17.1 Å². The molecule has 0 spiro atoms. The number of carbonyl (C=O) groups excluding carboxylic acids is 1. The molecule has 0 saturated carbocycles. The molecule has 82 valence electrons. The number of carbonyl (C=O) groups is 1. The highest BCUT2D eigenvalue weighted by Crippen LogP contribution is 2.37. The van der Waals surface area contributed by atoms with E-state index in [-0.39, 0.29) is 0 Å². The van der Waals surface area contributed by atoms with E-state index >= 15 is 0 Å². The van der Waals surface area contributed by atoms with Gasteiger partial charge in [0.05, 0.1) is 11.1 Å². The van der Waals surface area contributed by atoms with Crippen LogP contribution in [0.2, 0.25) is 0 Å². The smallest absolute Gasteiger partial charge is 0.275 e. The van der Waals surface area contributed by atoms with Crippen molar-refractivity contribution in [1.82, 2.24) is 0 Å². The van der Waals surface area contributed by atoms with E-state index in [1.165, 1.54) is 0 Å². The van der Waals surface area contributed by atoms with E-state index in [1.54, 1.807) is 0 Å². The van der Waals surface area contributed by atoms with Gasteiger partial charge in [-0.05, 0) is 39.7 Å². The van der Waals surface area contributed by atoms with Crippen LogP contribution in [0.3, 0.4) is 0 Å². The molecule has 0 aliphatic rings. The Kier molecular flexibility index (Phi) is 3.40. The summed E-state index contributed by atoms with van der Waals surface area (Å²) in [5, 5.41) is -1.29. The molecule has 0 aromatic heterocycles. The summed E-state index contributed by atoms with van der Waals surface area (Å²) in [5.41, 5.74) is -1.96. The number of rotatable bonds is 1. The number of hydrogen-bond donors (Lipinski definition) is 0. The first-order chi connectivity index (χ1) is 6.75. The summed E-state index contributed by atoms with van der Waals surface area (Å²) in [7, 11) is 0. The third-order valence-corrected chi connectivity index (χ3v) is 2.61. The second kappa shape index (κ2) is 4.09. The lowest BCUT2D eigenvalue weighted by atomic mass is 10.1. The number of alkyl halides is 3. The van der Waals surface area contributed by atoms with Crippen molar-refractivity contribution in [3.05, 3.63) is 33.5 Å². The Labute approximate surface area is 95.2 Å². The fraction of sp³-hybridized carbons (Fsp3) is 0.125. The van der Waals surface area contributed by atoms with Crippen LogP contribution in [0.25, 0.3) is 0 Å². The largest absolute Gasteiger partial charge is 0.417 e. The van der Waals surface area contributed by atoms with Crippen molar-refractivity contribution < 1.29 is 22.4 Å². The monoisotopic (exact) mass is 304 g/mol. The van der Waals surface area contributed by atoms with Crippen LogP contribution in [0, 0.1) is 5.82 Å². The lowest BCUT2D eigenvalue weighted by Crippen LogP contribution is -2.09. The Balaban J connectivity index is 3.49. The van der Waals surface area contributed by atoms with Gasteiger partial charge in [0.2, 0.25) is 0 Å². The lowest BCUT2D eigenvalue weighted by molar-refractivity contribution is -0.138. The van der Waals surface area contributed by atoms with Crippen LogP contribution in [-0.4, -0.2) is 5.24 Å². The van der Waals surface area contributed by atoms with Crippen molar-refractivity contribution >= 4 is 32.8 Å². The standard InChI is InChI=1S/C8H2BrClF4O/c9-6-3(8(12,13)14)1-2-4(11)5(6)7(10)15/h1-2H. The molecule has 0 N–H and O–H groups in total. The van der Waals surface area contributed by atoms with Crippen LogP contribution in [0.1, 0.15) is 15.9 Å². The zero-order chi connectivity index (χ0) is 11.8. The first-order valence-electron chi connectivity index (χ1n) is 3.50. The minimum Gasteiger partial charge on any atom is -0.275 e. The minimum atomic E-state index is -4.67. The molecule has 1 rings (SSSR count). The SMILES string of the molecule is O=C(Cl)c1c(F)ccc(C(F)(F)F)c1Br. The van der Waals surface area contributed by atoms with Gasteiger partial charge in [0.25, 0.3) is 5.24 Å². The average Bonchev–Trinajstić information content (AvgIpc) is 2.00. The van der Waals surface area contributed by atoms with Crippen molar-refractivity contribution in [2.45, 2.75) is 6.18 Å². The summed E-state index contributed by atoms with van der Waals surface area (Å²) in [6, 6.07) is 1.08. The van der Waals surface area contributed by atoms with Crippen molar-refractivity contribution in [1.29, 1.82) is 0 Å². The summed E-state index contributed by atoms with van der Waals surface area (Å²) in [4.78, 5) is 10.7. The minimum absolute atomic E-state index is 0.531. The van der Waals surface area contributed by atoms with Gasteiger partial charge in [-0.3, -0.25) is 4.79 Å². The lowest BCUT2D eigenvalue weighted by Gasteiger charge is -2.11. The summed E-state index contributed by atoms with van der Waals surface area (Å²) in [6.45, 7) is 0. The van der Waals surface area contributed by atoms with E-state index in [2.05, 4.69) is 15.9 Å². The van der Waals surface area contributed by atoms with E-state index in [9.17, 15) is 22.4 Å². The second-order valence-electron chi connectivity index (χ2n) is 2.56. The molecule has 1 nitrogen and oxygen atoms in total. The van der Waals surface area contributed by atoms with Crippen LogP contribution in [0.15, 0.2) is 16.6 Å². The molecular weight excluding hydrogens is 303 g/mol. The van der Waals surface area contributed by atoms with Crippen LogP contribution in [-0.2, 0) is 6.18 Å². The van der Waals surface area contributed by atoms with Gasteiger partial charge in [-0.25, -0.2) is 4.39 Å². The predicted octanol–water partition coefficient (Wildman–Crippen LogP) is 3.99. The quantitative estimate of drug-likeness (QED) is 0.566. The first-order valence-corrected chi connectivity index (χ1v) is 4.67. The maximum absolute atomic E-state index is 13.0. The molecule has 0 atom stereocenters. The van der Waals surface area contributed by atoms with Crippen molar-refractivity contribution in [3.63, 3.8) is 0 Å². The molecule has 1 aromatic rings. The second-order valence-corrected chi connectivity index (χ2v) is 3.69. The van der Waals surface area contributed by atoms with Gasteiger partial charge in [0.1, 0.15) is 5.82 Å². The molecule has 0 amide bonds. The summed E-state index contributed by atoms with van der Waals surface area (Å²) >= 11 is 7.46. The molecule has 0 bridgehead atoms. The normalized spacial score (nSPS) is 11.6. The zero-order valence-electron chi connectivity index (χ0n) is 6.83. The van der Waals surface area contributed by atoms with Crippen LogP contribution < -0.4 is 0 Å². The molecule has 0 fully saturated rings.